The second-order valence-electron chi connectivity index (χ2n) is 5.58. The number of nitrogens with one attached hydrogen (secondary N) is 2. The second kappa shape index (κ2) is 7.19. The van der Waals surface area contributed by atoms with Crippen LogP contribution in [0.1, 0.15) is 18.5 Å². The van der Waals surface area contributed by atoms with E-state index in [1.807, 2.05) is 0 Å². The Balaban J connectivity index is 2.02. The fourth-order valence-corrected chi connectivity index (χ4v) is 3.47. The Hall–Kier alpha value is -2.22. The first-order valence-corrected chi connectivity index (χ1v) is 8.60. The highest BCUT2D eigenvalue weighted by Crippen LogP contribution is 2.37. The third kappa shape index (κ3) is 3.51. The van der Waals surface area contributed by atoms with Crippen molar-refractivity contribution < 1.29 is 14.0 Å². The van der Waals surface area contributed by atoms with Gasteiger partial charge in [0.05, 0.1) is 5.02 Å². The summed E-state index contributed by atoms with van der Waals surface area (Å²) in [4.78, 5) is 25.1. The molecule has 1 fully saturated rings. The van der Waals surface area contributed by atoms with E-state index >= 15 is 0 Å². The van der Waals surface area contributed by atoms with Crippen LogP contribution >= 0.6 is 35.4 Å². The average molecular weight is 412 g/mol. The number of halogens is 3. The van der Waals surface area contributed by atoms with E-state index in [2.05, 4.69) is 10.6 Å². The number of hydrogen-bond donors (Lipinski definition) is 2. The largest absolute Gasteiger partial charge is 0.326 e. The maximum absolute atomic E-state index is 13.9. The summed E-state index contributed by atoms with van der Waals surface area (Å²) in [5.41, 5.74) is 1.42. The Kier molecular flexibility index (Phi) is 5.13. The summed E-state index contributed by atoms with van der Waals surface area (Å²) in [5.74, 6) is -1.31. The lowest BCUT2D eigenvalue weighted by Gasteiger charge is -2.25. The van der Waals surface area contributed by atoms with Crippen molar-refractivity contribution in [1.82, 2.24) is 5.32 Å². The van der Waals surface area contributed by atoms with Gasteiger partial charge in [-0.15, -0.1) is 0 Å². The van der Waals surface area contributed by atoms with E-state index in [1.165, 1.54) is 17.9 Å². The number of hydrogen-bond acceptors (Lipinski definition) is 3. The molecule has 1 aliphatic rings. The minimum Gasteiger partial charge on any atom is -0.326 e. The summed E-state index contributed by atoms with van der Waals surface area (Å²) < 4.78 is 13.9. The highest BCUT2D eigenvalue weighted by atomic mass is 35.5. The summed E-state index contributed by atoms with van der Waals surface area (Å²) >= 11 is 17.2. The van der Waals surface area contributed by atoms with Gasteiger partial charge in [-0.05, 0) is 48.6 Å². The number of benzene rings is 2. The Morgan fingerprint density at radius 3 is 2.50 bits per heavy atom. The third-order valence-corrected chi connectivity index (χ3v) is 4.67. The number of carbonyl (C=O) groups excluding carboxylic acids is 2. The lowest BCUT2D eigenvalue weighted by molar-refractivity contribution is -0.120. The first-order chi connectivity index (χ1) is 12.3. The number of thiocarbonyl (C=S) groups is 1. The van der Waals surface area contributed by atoms with E-state index in [0.29, 0.717) is 11.4 Å². The minimum atomic E-state index is -0.937. The molecular weight excluding hydrogens is 400 g/mol. The fraction of sp³-hybridized carbons (Fsp3) is 0.118. The Bertz CT molecular complexity index is 921. The highest BCUT2D eigenvalue weighted by molar-refractivity contribution is 7.80. The lowest BCUT2D eigenvalue weighted by Crippen LogP contribution is -2.29. The first kappa shape index (κ1) is 18.6. The molecule has 0 aromatic heterocycles. The van der Waals surface area contributed by atoms with E-state index in [-0.39, 0.29) is 26.6 Å². The van der Waals surface area contributed by atoms with E-state index in [9.17, 15) is 14.0 Å². The summed E-state index contributed by atoms with van der Waals surface area (Å²) in [7, 11) is 0. The van der Waals surface area contributed by atoms with Crippen molar-refractivity contribution in [2.75, 3.05) is 10.2 Å². The number of rotatable bonds is 3. The van der Waals surface area contributed by atoms with Crippen molar-refractivity contribution in [3.05, 3.63) is 57.8 Å². The molecule has 2 aromatic carbocycles. The van der Waals surface area contributed by atoms with Crippen LogP contribution in [0.2, 0.25) is 10.0 Å². The van der Waals surface area contributed by atoms with E-state index in [0.717, 1.165) is 6.07 Å². The molecule has 0 spiro atoms. The van der Waals surface area contributed by atoms with Crippen molar-refractivity contribution in [3.8, 4) is 0 Å². The smallest absolute Gasteiger partial charge is 0.253 e. The SMILES string of the molecule is CC(=O)Nc1ccc(N2C(=S)NC(=O)C2c2cc(F)c(Cl)cc2Cl)cc1. The molecule has 134 valence electrons. The topological polar surface area (TPSA) is 61.4 Å². The molecule has 3 rings (SSSR count). The van der Waals surface area contributed by atoms with Crippen LogP contribution in [-0.4, -0.2) is 16.9 Å². The molecule has 0 saturated carbocycles. The summed E-state index contributed by atoms with van der Waals surface area (Å²) in [5, 5.41) is 5.39. The first-order valence-electron chi connectivity index (χ1n) is 7.44. The van der Waals surface area contributed by atoms with Gasteiger partial charge in [-0.3, -0.25) is 9.59 Å². The number of anilines is 2. The molecule has 1 heterocycles. The number of nitrogens with zero attached hydrogens (tertiary/aromatic N) is 1. The minimum absolute atomic E-state index is 0.133. The zero-order valence-electron chi connectivity index (χ0n) is 13.3. The molecule has 2 aromatic rings. The Morgan fingerprint density at radius 1 is 1.23 bits per heavy atom. The molecule has 1 unspecified atom stereocenters. The van der Waals surface area contributed by atoms with Crippen molar-refractivity contribution in [2.24, 2.45) is 0 Å². The van der Waals surface area contributed by atoms with Gasteiger partial charge in [0.25, 0.3) is 5.91 Å². The normalized spacial score (nSPS) is 16.6. The van der Waals surface area contributed by atoms with E-state index in [4.69, 9.17) is 35.4 Å². The molecule has 0 aliphatic carbocycles. The molecule has 1 saturated heterocycles. The third-order valence-electron chi connectivity index (χ3n) is 3.76. The zero-order chi connectivity index (χ0) is 19.0. The maximum Gasteiger partial charge on any atom is 0.253 e. The van der Waals surface area contributed by atoms with Gasteiger partial charge in [-0.1, -0.05) is 23.2 Å². The van der Waals surface area contributed by atoms with Crippen LogP contribution in [0.15, 0.2) is 36.4 Å². The Labute approximate surface area is 164 Å². The number of amides is 2. The monoisotopic (exact) mass is 411 g/mol. The standard InChI is InChI=1S/C17H12Cl2FN3O2S/c1-8(24)21-9-2-4-10(5-3-9)23-15(16(25)22-17(23)26)11-6-14(20)13(19)7-12(11)18/h2-7,15H,1H3,(H,21,24)(H,22,25,26). The number of carbonyl (C=O) groups is 2. The molecule has 9 heteroatoms. The van der Waals surface area contributed by atoms with Gasteiger partial charge in [0.1, 0.15) is 11.9 Å². The molecule has 1 atom stereocenters. The van der Waals surface area contributed by atoms with Gasteiger partial charge in [0, 0.05) is 28.9 Å². The van der Waals surface area contributed by atoms with Gasteiger partial charge in [-0.25, -0.2) is 4.39 Å². The van der Waals surface area contributed by atoms with E-state index in [1.54, 1.807) is 24.3 Å². The van der Waals surface area contributed by atoms with Crippen LogP contribution in [0.5, 0.6) is 0 Å². The predicted molar refractivity (Wildman–Crippen MR) is 103 cm³/mol. The molecule has 0 bridgehead atoms. The van der Waals surface area contributed by atoms with Crippen LogP contribution in [0.4, 0.5) is 15.8 Å². The van der Waals surface area contributed by atoms with Crippen LogP contribution in [0, 0.1) is 5.82 Å². The molecule has 1 aliphatic heterocycles. The zero-order valence-corrected chi connectivity index (χ0v) is 15.7. The quantitative estimate of drug-likeness (QED) is 0.590. The Morgan fingerprint density at radius 2 is 1.88 bits per heavy atom. The molecule has 5 nitrogen and oxygen atoms in total. The van der Waals surface area contributed by atoms with Crippen LogP contribution in [-0.2, 0) is 9.59 Å². The summed E-state index contributed by atoms with van der Waals surface area (Å²) in [6.45, 7) is 1.40. The lowest BCUT2D eigenvalue weighted by atomic mass is 10.0. The van der Waals surface area contributed by atoms with Gasteiger partial charge in [-0.2, -0.15) is 0 Å². The molecule has 0 radical (unpaired) electrons. The van der Waals surface area contributed by atoms with Crippen molar-refractivity contribution >= 4 is 63.7 Å². The second-order valence-corrected chi connectivity index (χ2v) is 6.78. The van der Waals surface area contributed by atoms with Crippen molar-refractivity contribution in [1.29, 1.82) is 0 Å². The van der Waals surface area contributed by atoms with Crippen molar-refractivity contribution in [2.45, 2.75) is 13.0 Å². The summed E-state index contributed by atoms with van der Waals surface area (Å²) in [6.07, 6.45) is 0. The van der Waals surface area contributed by atoms with Crippen LogP contribution < -0.4 is 15.5 Å². The maximum atomic E-state index is 13.9. The predicted octanol–water partition coefficient (Wildman–Crippen LogP) is 4.05. The van der Waals surface area contributed by atoms with Gasteiger partial charge in [0.15, 0.2) is 5.11 Å². The molecular formula is C17H12Cl2FN3O2S. The van der Waals surface area contributed by atoms with Crippen LogP contribution in [0.3, 0.4) is 0 Å². The van der Waals surface area contributed by atoms with Crippen molar-refractivity contribution in [3.63, 3.8) is 0 Å². The van der Waals surface area contributed by atoms with Gasteiger partial charge >= 0.3 is 0 Å². The average Bonchev–Trinajstić information content (AvgIpc) is 2.85. The molecule has 2 amide bonds. The van der Waals surface area contributed by atoms with E-state index < -0.39 is 17.8 Å². The molecule has 2 N–H and O–H groups in total. The van der Waals surface area contributed by atoms with Gasteiger partial charge < -0.3 is 15.5 Å². The molecule has 26 heavy (non-hydrogen) atoms. The van der Waals surface area contributed by atoms with Gasteiger partial charge in [0.2, 0.25) is 5.91 Å². The van der Waals surface area contributed by atoms with Crippen LogP contribution in [0.25, 0.3) is 0 Å². The fourth-order valence-electron chi connectivity index (χ4n) is 2.67. The highest BCUT2D eigenvalue weighted by Gasteiger charge is 2.39. The summed E-state index contributed by atoms with van der Waals surface area (Å²) in [6, 6.07) is 8.15.